The number of hydrogen-bond acceptors (Lipinski definition) is 1. The van der Waals surface area contributed by atoms with Gasteiger partial charge in [0.2, 0.25) is 0 Å². The topological polar surface area (TPSA) is 28.7 Å². The largest absolute Gasteiger partial charge is 0.435 e. The molecule has 1 aromatic rings. The molecule has 0 aliphatic carbocycles. The molecule has 2 nitrogen and oxygen atoms in total. The fraction of sp³-hybridized carbons (Fsp3) is 0.667. The molecule has 0 atom stereocenters. The molecule has 0 saturated carbocycles. The van der Waals surface area contributed by atoms with Crippen molar-refractivity contribution in [1.82, 2.24) is 10.2 Å². The van der Waals surface area contributed by atoms with Gasteiger partial charge in [0.25, 0.3) is 0 Å². The Balaban J connectivity index is 0. The zero-order valence-electron chi connectivity index (χ0n) is 9.16. The molecule has 1 N–H and O–H groups in total. The van der Waals surface area contributed by atoms with Crippen molar-refractivity contribution in [3.63, 3.8) is 0 Å². The van der Waals surface area contributed by atoms with Gasteiger partial charge in [0.1, 0.15) is 0 Å². The minimum Gasteiger partial charge on any atom is -0.282 e. The van der Waals surface area contributed by atoms with Crippen molar-refractivity contribution < 1.29 is 13.2 Å². The fourth-order valence-electron chi connectivity index (χ4n) is 0.563. The molecule has 14 heavy (non-hydrogen) atoms. The first-order valence-electron chi connectivity index (χ1n) is 4.59. The van der Waals surface area contributed by atoms with E-state index in [0.717, 1.165) is 6.07 Å². The first-order chi connectivity index (χ1) is 6.50. The third-order valence-electron chi connectivity index (χ3n) is 0.996. The first-order valence-corrected chi connectivity index (χ1v) is 4.59. The van der Waals surface area contributed by atoms with Crippen molar-refractivity contribution in [2.75, 3.05) is 0 Å². The van der Waals surface area contributed by atoms with E-state index >= 15 is 0 Å². The minimum atomic E-state index is -4.33. The lowest BCUT2D eigenvalue weighted by Crippen LogP contribution is -2.04. The highest BCUT2D eigenvalue weighted by Crippen LogP contribution is 2.27. The first kappa shape index (κ1) is 15.5. The predicted molar refractivity (Wildman–Crippen MR) is 51.0 cm³/mol. The van der Waals surface area contributed by atoms with Gasteiger partial charge in [-0.1, -0.05) is 27.7 Å². The quantitative estimate of drug-likeness (QED) is 0.693. The Labute approximate surface area is 82.5 Å². The molecule has 5 heteroatoms. The monoisotopic (exact) mass is 210 g/mol. The third-order valence-corrected chi connectivity index (χ3v) is 0.996. The van der Waals surface area contributed by atoms with Crippen LogP contribution in [0.15, 0.2) is 6.07 Å². The lowest BCUT2D eigenvalue weighted by atomic mass is 10.4. The molecule has 0 radical (unpaired) electrons. The summed E-state index contributed by atoms with van der Waals surface area (Å²) in [4.78, 5) is 0. The summed E-state index contributed by atoms with van der Waals surface area (Å²) in [7, 11) is 0. The number of aryl methyl sites for hydroxylation is 1. The van der Waals surface area contributed by atoms with Crippen LogP contribution in [0.4, 0.5) is 13.2 Å². The molecule has 0 fully saturated rings. The van der Waals surface area contributed by atoms with E-state index in [1.165, 1.54) is 6.92 Å². The molecule has 0 aromatic carbocycles. The number of alkyl halides is 3. The van der Waals surface area contributed by atoms with E-state index < -0.39 is 11.9 Å². The van der Waals surface area contributed by atoms with E-state index in [0.29, 0.717) is 5.69 Å². The van der Waals surface area contributed by atoms with E-state index in [4.69, 9.17) is 0 Å². The summed E-state index contributed by atoms with van der Waals surface area (Å²) in [5.41, 5.74) is -0.461. The molecule has 0 saturated heterocycles. The van der Waals surface area contributed by atoms with Gasteiger partial charge in [0.15, 0.2) is 5.69 Å². The van der Waals surface area contributed by atoms with Crippen LogP contribution in [0.5, 0.6) is 0 Å². The molecular weight excluding hydrogens is 193 g/mol. The molecular formula is C9H17F3N2. The van der Waals surface area contributed by atoms with Gasteiger partial charge in [-0.2, -0.15) is 18.3 Å². The summed E-state index contributed by atoms with van der Waals surface area (Å²) < 4.78 is 35.2. The minimum absolute atomic E-state index is 0.410. The smallest absolute Gasteiger partial charge is 0.282 e. The third kappa shape index (κ3) is 5.61. The Morgan fingerprint density at radius 3 is 1.71 bits per heavy atom. The molecule has 0 aliphatic rings. The maximum absolute atomic E-state index is 11.7. The summed E-state index contributed by atoms with van der Waals surface area (Å²) in [6.07, 6.45) is -4.33. The summed E-state index contributed by atoms with van der Waals surface area (Å²) >= 11 is 0. The normalized spacial score (nSPS) is 9.43. The highest BCUT2D eigenvalue weighted by Gasteiger charge is 2.33. The van der Waals surface area contributed by atoms with Gasteiger partial charge in [-0.15, -0.1) is 0 Å². The lowest BCUT2D eigenvalue weighted by Gasteiger charge is -1.98. The Bertz CT molecular complexity index is 228. The van der Waals surface area contributed by atoms with E-state index in [9.17, 15) is 13.2 Å². The van der Waals surface area contributed by atoms with Gasteiger partial charge in [0.05, 0.1) is 0 Å². The molecule has 0 unspecified atom stereocenters. The average molecular weight is 210 g/mol. The number of nitrogens with one attached hydrogen (secondary N) is 1. The maximum atomic E-state index is 11.7. The summed E-state index contributed by atoms with van der Waals surface area (Å²) in [5, 5.41) is 5.24. The average Bonchev–Trinajstić information content (AvgIpc) is 2.58. The van der Waals surface area contributed by atoms with Crippen LogP contribution in [0.2, 0.25) is 0 Å². The fourth-order valence-corrected chi connectivity index (χ4v) is 0.563. The Morgan fingerprint density at radius 2 is 1.57 bits per heavy atom. The van der Waals surface area contributed by atoms with Crippen LogP contribution in [0.25, 0.3) is 0 Å². The van der Waals surface area contributed by atoms with Crippen molar-refractivity contribution in [3.8, 4) is 0 Å². The van der Waals surface area contributed by atoms with Crippen LogP contribution in [0, 0.1) is 6.92 Å². The van der Waals surface area contributed by atoms with Gasteiger partial charge >= 0.3 is 6.18 Å². The standard InChI is InChI=1S/C5H5F3N2.2C2H6/c1-3-2-4(10-9-3)5(6,7)8;2*1-2/h2H,1H3,(H,9,10);2*1-2H3. The molecule has 1 heterocycles. The van der Waals surface area contributed by atoms with Crippen molar-refractivity contribution in [2.45, 2.75) is 40.8 Å². The van der Waals surface area contributed by atoms with Gasteiger partial charge < -0.3 is 0 Å². The van der Waals surface area contributed by atoms with Crippen LogP contribution >= 0.6 is 0 Å². The van der Waals surface area contributed by atoms with Gasteiger partial charge in [-0.25, -0.2) is 0 Å². The zero-order chi connectivity index (χ0) is 11.8. The molecule has 1 aromatic heterocycles. The van der Waals surface area contributed by atoms with E-state index in [2.05, 4.69) is 10.2 Å². The van der Waals surface area contributed by atoms with E-state index in [1.807, 2.05) is 27.7 Å². The van der Waals surface area contributed by atoms with E-state index in [1.54, 1.807) is 0 Å². The number of aromatic amines is 1. The summed E-state index contributed by atoms with van der Waals surface area (Å²) in [5.74, 6) is 0. The van der Waals surface area contributed by atoms with E-state index in [-0.39, 0.29) is 0 Å². The van der Waals surface area contributed by atoms with Gasteiger partial charge in [-0.05, 0) is 13.0 Å². The number of rotatable bonds is 0. The Hall–Kier alpha value is -1.00. The number of H-pyrrole nitrogens is 1. The second-order valence-electron chi connectivity index (χ2n) is 1.93. The van der Waals surface area contributed by atoms with Crippen molar-refractivity contribution in [3.05, 3.63) is 17.5 Å². The second-order valence-corrected chi connectivity index (χ2v) is 1.93. The van der Waals surface area contributed by atoms with Crippen LogP contribution in [0.3, 0.4) is 0 Å². The predicted octanol–water partition coefficient (Wildman–Crippen LogP) is 3.79. The highest BCUT2D eigenvalue weighted by atomic mass is 19.4. The van der Waals surface area contributed by atoms with Crippen molar-refractivity contribution in [2.24, 2.45) is 0 Å². The Kier molecular flexibility index (Phi) is 8.19. The van der Waals surface area contributed by atoms with Crippen LogP contribution in [-0.4, -0.2) is 10.2 Å². The maximum Gasteiger partial charge on any atom is 0.435 e. The SMILES string of the molecule is CC.CC.Cc1cc(C(F)(F)F)n[nH]1. The van der Waals surface area contributed by atoms with Crippen LogP contribution in [-0.2, 0) is 6.18 Å². The van der Waals surface area contributed by atoms with Crippen molar-refractivity contribution >= 4 is 0 Å². The number of aromatic nitrogens is 2. The second kappa shape index (κ2) is 7.41. The highest BCUT2D eigenvalue weighted by molar-refractivity contribution is 5.09. The molecule has 84 valence electrons. The molecule has 0 aliphatic heterocycles. The molecule has 0 amide bonds. The Morgan fingerprint density at radius 1 is 1.14 bits per heavy atom. The van der Waals surface area contributed by atoms with Gasteiger partial charge in [-0.3, -0.25) is 5.10 Å². The molecule has 1 rings (SSSR count). The molecule has 0 bridgehead atoms. The van der Waals surface area contributed by atoms with Crippen LogP contribution in [0.1, 0.15) is 39.1 Å². The summed E-state index contributed by atoms with van der Waals surface area (Å²) in [6.45, 7) is 9.52. The summed E-state index contributed by atoms with van der Waals surface area (Å²) in [6, 6.07) is 0.958. The number of hydrogen-bond donors (Lipinski definition) is 1. The zero-order valence-corrected chi connectivity index (χ0v) is 9.16. The number of nitrogens with zero attached hydrogens (tertiary/aromatic N) is 1. The molecule has 0 spiro atoms. The lowest BCUT2D eigenvalue weighted by molar-refractivity contribution is -0.141. The van der Waals surface area contributed by atoms with Crippen molar-refractivity contribution in [1.29, 1.82) is 0 Å². The van der Waals surface area contributed by atoms with Crippen LogP contribution < -0.4 is 0 Å². The van der Waals surface area contributed by atoms with Gasteiger partial charge in [0, 0.05) is 5.69 Å². The number of halogens is 3.